The van der Waals surface area contributed by atoms with Crippen molar-refractivity contribution in [1.29, 1.82) is 0 Å². The van der Waals surface area contributed by atoms with E-state index in [2.05, 4.69) is 4.90 Å². The maximum Gasteiger partial charge on any atom is 0.306 e. The van der Waals surface area contributed by atoms with E-state index in [1.165, 1.54) is 20.3 Å². The first-order chi connectivity index (χ1) is 18.8. The van der Waals surface area contributed by atoms with Crippen LogP contribution in [0, 0.1) is 0 Å². The Morgan fingerprint density at radius 2 is 1.69 bits per heavy atom. The second-order valence-corrected chi connectivity index (χ2v) is 9.29. The standard InChI is InChI=1S/C29H33NO9/c1-35-24-6-5-18(9-20(24)16-31)22(13-27(33)38-4)29-28(34)23(32)12-21(39-29)15-30-8-7-17-10-25(36-2)26(37-3)11-19(17)14-30/h5-6,9-12,22,31,34H,7-8,13-16H2,1-4H3/t22-/m0/s1. The van der Waals surface area contributed by atoms with E-state index in [0.717, 1.165) is 17.5 Å². The quantitative estimate of drug-likeness (QED) is 0.371. The monoisotopic (exact) mass is 539 g/mol. The second kappa shape index (κ2) is 12.2. The molecule has 10 nitrogen and oxygen atoms in total. The van der Waals surface area contributed by atoms with Gasteiger partial charge in [-0.2, -0.15) is 0 Å². The third kappa shape index (κ3) is 6.02. The number of hydrogen-bond acceptors (Lipinski definition) is 10. The van der Waals surface area contributed by atoms with Crippen molar-refractivity contribution in [3.05, 3.63) is 80.4 Å². The van der Waals surface area contributed by atoms with E-state index in [9.17, 15) is 19.8 Å². The van der Waals surface area contributed by atoms with Gasteiger partial charge in [0.15, 0.2) is 17.3 Å². The molecule has 1 atom stereocenters. The molecule has 1 aromatic heterocycles. The summed E-state index contributed by atoms with van der Waals surface area (Å²) < 4.78 is 27.1. The van der Waals surface area contributed by atoms with E-state index in [4.69, 9.17) is 23.4 Å². The third-order valence-corrected chi connectivity index (χ3v) is 6.97. The highest BCUT2D eigenvalue weighted by atomic mass is 16.5. The summed E-state index contributed by atoms with van der Waals surface area (Å²) >= 11 is 0. The molecule has 0 amide bonds. The van der Waals surface area contributed by atoms with Gasteiger partial charge in [-0.05, 0) is 47.4 Å². The van der Waals surface area contributed by atoms with Gasteiger partial charge in [-0.3, -0.25) is 14.5 Å². The van der Waals surface area contributed by atoms with Crippen molar-refractivity contribution in [2.75, 3.05) is 35.0 Å². The first kappa shape index (κ1) is 28.0. The fourth-order valence-corrected chi connectivity index (χ4v) is 4.92. The van der Waals surface area contributed by atoms with Crippen molar-refractivity contribution in [3.8, 4) is 23.0 Å². The molecule has 0 unspecified atom stereocenters. The number of rotatable bonds is 10. The maximum atomic E-state index is 12.8. The van der Waals surface area contributed by atoms with E-state index in [-0.39, 0.29) is 18.8 Å². The van der Waals surface area contributed by atoms with Gasteiger partial charge >= 0.3 is 5.97 Å². The lowest BCUT2D eigenvalue weighted by Crippen LogP contribution is -2.30. The third-order valence-electron chi connectivity index (χ3n) is 6.97. The maximum absolute atomic E-state index is 12.8. The molecule has 0 radical (unpaired) electrons. The number of carbonyl (C=O) groups excluding carboxylic acids is 1. The summed E-state index contributed by atoms with van der Waals surface area (Å²) in [6, 6.07) is 10.2. The van der Waals surface area contributed by atoms with Crippen molar-refractivity contribution in [2.24, 2.45) is 0 Å². The normalized spacial score (nSPS) is 13.9. The Morgan fingerprint density at radius 1 is 1.00 bits per heavy atom. The lowest BCUT2D eigenvalue weighted by atomic mass is 9.90. The molecule has 0 bridgehead atoms. The second-order valence-electron chi connectivity index (χ2n) is 9.29. The Kier molecular flexibility index (Phi) is 8.78. The van der Waals surface area contributed by atoms with Gasteiger partial charge in [-0.15, -0.1) is 0 Å². The van der Waals surface area contributed by atoms with Gasteiger partial charge in [0, 0.05) is 24.7 Å². The zero-order chi connectivity index (χ0) is 28.1. The van der Waals surface area contributed by atoms with E-state index in [1.54, 1.807) is 32.4 Å². The van der Waals surface area contributed by atoms with Crippen molar-refractivity contribution in [3.63, 3.8) is 0 Å². The molecular formula is C29H33NO9. The lowest BCUT2D eigenvalue weighted by Gasteiger charge is -2.29. The van der Waals surface area contributed by atoms with Crippen LogP contribution in [-0.2, 0) is 35.6 Å². The fourth-order valence-electron chi connectivity index (χ4n) is 4.92. The largest absolute Gasteiger partial charge is 0.502 e. The van der Waals surface area contributed by atoms with E-state index >= 15 is 0 Å². The Hall–Kier alpha value is -4.02. The van der Waals surface area contributed by atoms with Gasteiger partial charge in [0.2, 0.25) is 11.2 Å². The number of benzene rings is 2. The predicted octanol–water partition coefficient (Wildman–Crippen LogP) is 3.12. The smallest absolute Gasteiger partial charge is 0.306 e. The molecule has 39 heavy (non-hydrogen) atoms. The first-order valence-corrected chi connectivity index (χ1v) is 12.5. The molecule has 4 rings (SSSR count). The molecular weight excluding hydrogens is 506 g/mol. The zero-order valence-corrected chi connectivity index (χ0v) is 22.5. The highest BCUT2D eigenvalue weighted by Gasteiger charge is 2.28. The van der Waals surface area contributed by atoms with Crippen LogP contribution < -0.4 is 19.6 Å². The summed E-state index contributed by atoms with van der Waals surface area (Å²) in [6.07, 6.45) is 0.581. The number of carbonyl (C=O) groups is 1. The van der Waals surface area contributed by atoms with Crippen molar-refractivity contribution in [1.82, 2.24) is 4.90 Å². The fraction of sp³-hybridized carbons (Fsp3) is 0.379. The molecule has 0 fully saturated rings. The summed E-state index contributed by atoms with van der Waals surface area (Å²) in [6.45, 7) is 1.32. The average Bonchev–Trinajstić information content (AvgIpc) is 2.96. The number of aliphatic hydroxyl groups is 1. The molecule has 2 heterocycles. The van der Waals surface area contributed by atoms with Crippen LogP contribution in [0.2, 0.25) is 0 Å². The number of ether oxygens (including phenoxy) is 4. The van der Waals surface area contributed by atoms with Gasteiger partial charge < -0.3 is 33.6 Å². The van der Waals surface area contributed by atoms with Crippen LogP contribution in [0.4, 0.5) is 0 Å². The van der Waals surface area contributed by atoms with Gasteiger partial charge in [-0.25, -0.2) is 0 Å². The predicted molar refractivity (Wildman–Crippen MR) is 141 cm³/mol. The molecule has 0 saturated carbocycles. The van der Waals surface area contributed by atoms with Crippen LogP contribution in [-0.4, -0.2) is 56.1 Å². The molecule has 3 aromatic rings. The molecule has 2 aromatic carbocycles. The van der Waals surface area contributed by atoms with E-state index < -0.39 is 23.1 Å². The van der Waals surface area contributed by atoms with Gasteiger partial charge in [0.05, 0.1) is 53.9 Å². The molecule has 1 aliphatic heterocycles. The Labute approximate surface area is 226 Å². The topological polar surface area (TPSA) is 128 Å². The highest BCUT2D eigenvalue weighted by Crippen LogP contribution is 2.37. The van der Waals surface area contributed by atoms with Crippen molar-refractivity contribution in [2.45, 2.75) is 38.5 Å². The van der Waals surface area contributed by atoms with Crippen LogP contribution in [0.3, 0.4) is 0 Å². The molecule has 208 valence electrons. The van der Waals surface area contributed by atoms with E-state index in [0.29, 0.717) is 53.8 Å². The van der Waals surface area contributed by atoms with Crippen molar-refractivity contribution >= 4 is 5.97 Å². The summed E-state index contributed by atoms with van der Waals surface area (Å²) in [7, 11) is 5.94. The van der Waals surface area contributed by atoms with Crippen LogP contribution in [0.5, 0.6) is 23.0 Å². The minimum Gasteiger partial charge on any atom is -0.502 e. The van der Waals surface area contributed by atoms with Gasteiger partial charge in [0.1, 0.15) is 11.5 Å². The Bertz CT molecular complexity index is 1400. The molecule has 1 aliphatic rings. The Balaban J connectivity index is 1.67. The molecule has 2 N–H and O–H groups in total. The Morgan fingerprint density at radius 3 is 2.33 bits per heavy atom. The number of aromatic hydroxyl groups is 1. The van der Waals surface area contributed by atoms with E-state index in [1.807, 2.05) is 12.1 Å². The first-order valence-electron chi connectivity index (χ1n) is 12.5. The molecule has 0 spiro atoms. The number of aliphatic hydroxyl groups excluding tert-OH is 1. The van der Waals surface area contributed by atoms with Crippen LogP contribution in [0.1, 0.15) is 46.1 Å². The summed E-state index contributed by atoms with van der Waals surface area (Å²) in [5.74, 6) is 0.142. The molecule has 0 aliphatic carbocycles. The molecule has 10 heteroatoms. The zero-order valence-electron chi connectivity index (χ0n) is 22.5. The number of esters is 1. The summed E-state index contributed by atoms with van der Waals surface area (Å²) in [5, 5.41) is 20.5. The van der Waals surface area contributed by atoms with Crippen LogP contribution in [0.25, 0.3) is 0 Å². The van der Waals surface area contributed by atoms with Gasteiger partial charge in [-0.1, -0.05) is 6.07 Å². The van der Waals surface area contributed by atoms with Gasteiger partial charge in [0.25, 0.3) is 0 Å². The van der Waals surface area contributed by atoms with Crippen molar-refractivity contribution < 1.29 is 38.4 Å². The highest BCUT2D eigenvalue weighted by molar-refractivity contribution is 5.71. The SMILES string of the molecule is COC(=O)C[C@@H](c1ccc(OC)c(CO)c1)c1oc(CN2CCc3cc(OC)c(OC)cc3C2)cc(=O)c1O. The summed E-state index contributed by atoms with van der Waals surface area (Å²) in [4.78, 5) is 27.3. The summed E-state index contributed by atoms with van der Waals surface area (Å²) in [5.41, 5.74) is 2.67. The van der Waals surface area contributed by atoms with Crippen LogP contribution in [0.15, 0.2) is 45.6 Å². The number of methoxy groups -OCH3 is 4. The number of nitrogens with zero attached hydrogens (tertiary/aromatic N) is 1. The average molecular weight is 540 g/mol. The lowest BCUT2D eigenvalue weighted by molar-refractivity contribution is -0.140. The molecule has 0 saturated heterocycles. The number of hydrogen-bond donors (Lipinski definition) is 2. The minimum atomic E-state index is -0.833. The van der Waals surface area contributed by atoms with Crippen LogP contribution >= 0.6 is 0 Å². The number of fused-ring (bicyclic) bond motifs is 1. The minimum absolute atomic E-state index is 0.0410.